The average molecular weight is 282 g/mol. The molecule has 1 aliphatic rings. The molecule has 0 saturated heterocycles. The van der Waals surface area contributed by atoms with Crippen molar-refractivity contribution < 1.29 is 9.53 Å². The van der Waals surface area contributed by atoms with E-state index in [0.717, 1.165) is 16.6 Å². The lowest BCUT2D eigenvalue weighted by Crippen LogP contribution is -2.36. The molecule has 19 heavy (non-hydrogen) atoms. The highest BCUT2D eigenvalue weighted by atomic mass is 32.1. The Balaban J connectivity index is 2.20. The summed E-state index contributed by atoms with van der Waals surface area (Å²) in [5.74, 6) is -0.334. The Morgan fingerprint density at radius 3 is 2.68 bits per heavy atom. The van der Waals surface area contributed by atoms with E-state index in [9.17, 15) is 4.79 Å². The van der Waals surface area contributed by atoms with Gasteiger partial charge in [0.25, 0.3) is 0 Å². The van der Waals surface area contributed by atoms with Gasteiger partial charge in [0.05, 0.1) is 7.11 Å². The van der Waals surface area contributed by atoms with Crippen molar-refractivity contribution in [2.24, 2.45) is 0 Å². The first-order valence-corrected chi connectivity index (χ1v) is 7.81. The van der Waals surface area contributed by atoms with Gasteiger partial charge in [0, 0.05) is 17.5 Å². The Morgan fingerprint density at radius 2 is 2.11 bits per heavy atom. The summed E-state index contributed by atoms with van der Waals surface area (Å²) < 4.78 is 4.78. The maximum Gasteiger partial charge on any atom is 0.357 e. The molecule has 1 aromatic rings. The zero-order chi connectivity index (χ0) is 13.8. The minimum atomic E-state index is -0.334. The van der Waals surface area contributed by atoms with E-state index in [2.05, 4.69) is 16.8 Å². The summed E-state index contributed by atoms with van der Waals surface area (Å²) in [6.45, 7) is 5.03. The van der Waals surface area contributed by atoms with Crippen LogP contribution in [0.15, 0.2) is 0 Å². The van der Waals surface area contributed by atoms with Crippen LogP contribution in [0.3, 0.4) is 0 Å². The number of rotatable bonds is 4. The first-order valence-electron chi connectivity index (χ1n) is 6.99. The first kappa shape index (κ1) is 14.3. The highest BCUT2D eigenvalue weighted by molar-refractivity contribution is 7.15. The van der Waals surface area contributed by atoms with Crippen molar-refractivity contribution in [3.05, 3.63) is 10.6 Å². The molecule has 0 spiro atoms. The van der Waals surface area contributed by atoms with Gasteiger partial charge >= 0.3 is 5.97 Å². The minimum Gasteiger partial charge on any atom is -0.464 e. The van der Waals surface area contributed by atoms with Crippen molar-refractivity contribution in [3.63, 3.8) is 0 Å². The van der Waals surface area contributed by atoms with Crippen LogP contribution in [0.25, 0.3) is 0 Å². The number of hydrogen-bond acceptors (Lipinski definition) is 5. The number of esters is 1. The number of aryl methyl sites for hydroxylation is 1. The van der Waals surface area contributed by atoms with Crippen molar-refractivity contribution >= 4 is 22.4 Å². The van der Waals surface area contributed by atoms with Gasteiger partial charge in [-0.2, -0.15) is 0 Å². The van der Waals surface area contributed by atoms with Gasteiger partial charge < -0.3 is 9.64 Å². The first-order chi connectivity index (χ1) is 9.17. The third-order valence-electron chi connectivity index (χ3n) is 3.77. The number of ether oxygens (including phenoxy) is 1. The Morgan fingerprint density at radius 1 is 1.42 bits per heavy atom. The minimum absolute atomic E-state index is 0.334. The summed E-state index contributed by atoms with van der Waals surface area (Å²) in [6.07, 6.45) is 6.42. The topological polar surface area (TPSA) is 42.4 Å². The van der Waals surface area contributed by atoms with Crippen LogP contribution in [0.5, 0.6) is 0 Å². The highest BCUT2D eigenvalue weighted by Gasteiger charge is 2.25. The van der Waals surface area contributed by atoms with E-state index < -0.39 is 0 Å². The van der Waals surface area contributed by atoms with Crippen LogP contribution in [-0.2, 0) is 4.74 Å². The molecule has 0 N–H and O–H groups in total. The van der Waals surface area contributed by atoms with E-state index >= 15 is 0 Å². The van der Waals surface area contributed by atoms with Crippen LogP contribution < -0.4 is 4.90 Å². The lowest BCUT2D eigenvalue weighted by molar-refractivity contribution is 0.0594. The number of nitrogens with zero attached hydrogens (tertiary/aromatic N) is 2. The zero-order valence-corrected chi connectivity index (χ0v) is 12.8. The summed E-state index contributed by atoms with van der Waals surface area (Å²) in [5.41, 5.74) is 0.469. The lowest BCUT2D eigenvalue weighted by atomic mass is 9.94. The second kappa shape index (κ2) is 6.37. The normalized spacial score (nSPS) is 16.4. The van der Waals surface area contributed by atoms with Gasteiger partial charge in [0.1, 0.15) is 0 Å². The Hall–Kier alpha value is -1.10. The number of methoxy groups -OCH3 is 1. The standard InChI is InChI=1S/C14H22N2O2S/c1-4-16(11-8-6-5-7-9-11)14-15-12(10(2)19-14)13(17)18-3/h11H,4-9H2,1-3H3. The third kappa shape index (κ3) is 3.08. The molecule has 0 aliphatic heterocycles. The fraction of sp³-hybridized carbons (Fsp3) is 0.714. The van der Waals surface area contributed by atoms with E-state index in [0.29, 0.717) is 11.7 Å². The molecule has 1 heterocycles. The van der Waals surface area contributed by atoms with E-state index in [1.54, 1.807) is 11.3 Å². The second-order valence-electron chi connectivity index (χ2n) is 4.97. The predicted molar refractivity (Wildman–Crippen MR) is 78.1 cm³/mol. The highest BCUT2D eigenvalue weighted by Crippen LogP contribution is 2.31. The zero-order valence-electron chi connectivity index (χ0n) is 11.9. The van der Waals surface area contributed by atoms with Crippen molar-refractivity contribution in [2.75, 3.05) is 18.6 Å². The number of carbonyl (C=O) groups excluding carboxylic acids is 1. The van der Waals surface area contributed by atoms with Crippen LogP contribution in [0, 0.1) is 6.92 Å². The average Bonchev–Trinajstić information content (AvgIpc) is 2.82. The molecule has 0 bridgehead atoms. The van der Waals surface area contributed by atoms with Crippen LogP contribution >= 0.6 is 11.3 Å². The van der Waals surface area contributed by atoms with Crippen molar-refractivity contribution in [3.8, 4) is 0 Å². The summed E-state index contributed by atoms with van der Waals surface area (Å²) in [4.78, 5) is 19.4. The number of aromatic nitrogens is 1. The number of anilines is 1. The fourth-order valence-electron chi connectivity index (χ4n) is 2.73. The van der Waals surface area contributed by atoms with E-state index in [4.69, 9.17) is 4.74 Å². The molecule has 1 aromatic heterocycles. The molecule has 2 rings (SSSR count). The molecular weight excluding hydrogens is 260 g/mol. The molecule has 0 amide bonds. The Kier molecular flexibility index (Phi) is 4.80. The lowest BCUT2D eigenvalue weighted by Gasteiger charge is -2.33. The molecule has 106 valence electrons. The van der Waals surface area contributed by atoms with Crippen molar-refractivity contribution in [1.82, 2.24) is 4.98 Å². The molecule has 0 aromatic carbocycles. The molecule has 0 atom stereocenters. The van der Waals surface area contributed by atoms with E-state index in [1.807, 2.05) is 6.92 Å². The molecule has 1 fully saturated rings. The largest absolute Gasteiger partial charge is 0.464 e. The van der Waals surface area contributed by atoms with Crippen LogP contribution in [0.2, 0.25) is 0 Å². The molecule has 0 radical (unpaired) electrons. The molecular formula is C14H22N2O2S. The summed E-state index contributed by atoms with van der Waals surface area (Å²) in [6, 6.07) is 0.579. The number of carbonyl (C=O) groups is 1. The second-order valence-corrected chi connectivity index (χ2v) is 6.15. The van der Waals surface area contributed by atoms with Gasteiger partial charge in [-0.3, -0.25) is 0 Å². The predicted octanol–water partition coefficient (Wildman–Crippen LogP) is 3.40. The van der Waals surface area contributed by atoms with Gasteiger partial charge in [0.15, 0.2) is 10.8 Å². The van der Waals surface area contributed by atoms with Gasteiger partial charge in [-0.15, -0.1) is 11.3 Å². The van der Waals surface area contributed by atoms with Gasteiger partial charge in [-0.1, -0.05) is 19.3 Å². The van der Waals surface area contributed by atoms with Crippen LogP contribution in [0.1, 0.15) is 54.4 Å². The molecule has 4 nitrogen and oxygen atoms in total. The van der Waals surface area contributed by atoms with E-state index in [-0.39, 0.29) is 5.97 Å². The maximum absolute atomic E-state index is 11.6. The van der Waals surface area contributed by atoms with Crippen molar-refractivity contribution in [2.45, 2.75) is 52.0 Å². The van der Waals surface area contributed by atoms with Crippen molar-refractivity contribution in [1.29, 1.82) is 0 Å². The Bertz CT molecular complexity index is 439. The number of hydrogen-bond donors (Lipinski definition) is 0. The Labute approximate surface area is 118 Å². The van der Waals surface area contributed by atoms with Gasteiger partial charge in [-0.05, 0) is 26.7 Å². The monoisotopic (exact) mass is 282 g/mol. The maximum atomic E-state index is 11.6. The van der Waals surface area contributed by atoms with E-state index in [1.165, 1.54) is 39.2 Å². The summed E-state index contributed by atoms with van der Waals surface area (Å²) in [5, 5.41) is 0.965. The fourth-order valence-corrected chi connectivity index (χ4v) is 3.77. The SMILES string of the molecule is CCN(c1nc(C(=O)OC)c(C)s1)C1CCCCC1. The molecule has 5 heteroatoms. The van der Waals surface area contributed by atoms with Gasteiger partial charge in [0.2, 0.25) is 0 Å². The van der Waals surface area contributed by atoms with Crippen LogP contribution in [0.4, 0.5) is 5.13 Å². The molecule has 1 saturated carbocycles. The smallest absolute Gasteiger partial charge is 0.357 e. The van der Waals surface area contributed by atoms with Crippen LogP contribution in [-0.4, -0.2) is 30.6 Å². The van der Waals surface area contributed by atoms with Gasteiger partial charge in [-0.25, -0.2) is 9.78 Å². The summed E-state index contributed by atoms with van der Waals surface area (Å²) >= 11 is 1.60. The summed E-state index contributed by atoms with van der Waals surface area (Å²) in [7, 11) is 1.40. The molecule has 1 aliphatic carbocycles. The number of thiazole rings is 1. The molecule has 0 unspecified atom stereocenters. The third-order valence-corrected chi connectivity index (χ3v) is 4.77. The quantitative estimate of drug-likeness (QED) is 0.794.